The lowest BCUT2D eigenvalue weighted by Crippen LogP contribution is -2.40. The number of rotatable bonds is 7. The Morgan fingerprint density at radius 3 is 2.68 bits per heavy atom. The second-order valence-corrected chi connectivity index (χ2v) is 10.9. The molecule has 1 N–H and O–H groups in total. The van der Waals surface area contributed by atoms with E-state index in [9.17, 15) is 18.8 Å². The summed E-state index contributed by atoms with van der Waals surface area (Å²) in [6.07, 6.45) is 4.41. The first-order valence-electron chi connectivity index (χ1n) is 13.4. The molecule has 1 aliphatic carbocycles. The van der Waals surface area contributed by atoms with Gasteiger partial charge in [0.1, 0.15) is 12.5 Å². The second kappa shape index (κ2) is 11.8. The van der Waals surface area contributed by atoms with E-state index in [1.54, 1.807) is 28.0 Å². The van der Waals surface area contributed by atoms with Gasteiger partial charge in [0, 0.05) is 24.6 Å². The normalized spacial score (nSPS) is 24.8. The Morgan fingerprint density at radius 2 is 1.92 bits per heavy atom. The fraction of sp³-hybridized carbons (Fsp3) is 0.483. The quantitative estimate of drug-likeness (QED) is 0.489. The van der Waals surface area contributed by atoms with Crippen LogP contribution in [0.15, 0.2) is 42.5 Å². The van der Waals surface area contributed by atoms with Crippen LogP contribution in [-0.2, 0) is 27.2 Å². The van der Waals surface area contributed by atoms with Crippen LogP contribution in [0.2, 0.25) is 5.02 Å². The minimum Gasteiger partial charge on any atom is -0.376 e. The topological polar surface area (TPSA) is 79.0 Å². The van der Waals surface area contributed by atoms with Crippen LogP contribution in [0.1, 0.15) is 43.2 Å². The highest BCUT2D eigenvalue weighted by Gasteiger charge is 2.36. The number of para-hydroxylation sites is 1. The van der Waals surface area contributed by atoms with Crippen LogP contribution in [0.5, 0.6) is 0 Å². The zero-order chi connectivity index (χ0) is 26.6. The number of fused-ring (bicyclic) bond motifs is 1. The van der Waals surface area contributed by atoms with E-state index in [1.165, 1.54) is 0 Å². The molecule has 0 spiro atoms. The van der Waals surface area contributed by atoms with Crippen molar-refractivity contribution in [3.8, 4) is 0 Å². The van der Waals surface area contributed by atoms with Crippen molar-refractivity contribution in [2.45, 2.75) is 63.3 Å². The molecule has 1 saturated heterocycles. The predicted molar refractivity (Wildman–Crippen MR) is 144 cm³/mol. The summed E-state index contributed by atoms with van der Waals surface area (Å²) in [6.45, 7) is 0.962. The van der Waals surface area contributed by atoms with Gasteiger partial charge in [0.15, 0.2) is 0 Å². The average Bonchev–Trinajstić information content (AvgIpc) is 3.52. The molecule has 3 aliphatic rings. The summed E-state index contributed by atoms with van der Waals surface area (Å²) < 4.78 is 20.3. The molecule has 0 radical (unpaired) electrons. The summed E-state index contributed by atoms with van der Waals surface area (Å²) in [5, 5.41) is 3.21. The lowest BCUT2D eigenvalue weighted by atomic mass is 9.88. The van der Waals surface area contributed by atoms with E-state index in [-0.39, 0.29) is 49.4 Å². The molecule has 0 unspecified atom stereocenters. The van der Waals surface area contributed by atoms with E-state index in [4.69, 9.17) is 16.3 Å². The molecular formula is C29H33ClFN3O4. The number of carbonyl (C=O) groups is 3. The fourth-order valence-electron chi connectivity index (χ4n) is 5.74. The Hall–Kier alpha value is -2.97. The van der Waals surface area contributed by atoms with Gasteiger partial charge in [0.25, 0.3) is 0 Å². The SMILES string of the molecule is O=CC1CCC(OC[C@@H]2C[C@H](F)CN2C(=O)Cc2ccc(NC(=O)N3CCc4ccccc43)c(Cl)c2)CC1. The van der Waals surface area contributed by atoms with Gasteiger partial charge < -0.3 is 19.7 Å². The molecule has 9 heteroatoms. The van der Waals surface area contributed by atoms with Crippen LogP contribution >= 0.6 is 11.6 Å². The molecule has 7 nitrogen and oxygen atoms in total. The number of likely N-dealkylation sites (tertiary alicyclic amines) is 1. The van der Waals surface area contributed by atoms with Gasteiger partial charge in [0.2, 0.25) is 5.91 Å². The number of nitrogens with zero attached hydrogens (tertiary/aromatic N) is 2. The maximum atomic E-state index is 14.3. The number of alkyl halides is 1. The number of ether oxygens (including phenoxy) is 1. The maximum Gasteiger partial charge on any atom is 0.326 e. The van der Waals surface area contributed by atoms with Crippen LogP contribution in [0, 0.1) is 5.92 Å². The first-order valence-corrected chi connectivity index (χ1v) is 13.7. The predicted octanol–water partition coefficient (Wildman–Crippen LogP) is 5.19. The van der Waals surface area contributed by atoms with E-state index in [2.05, 4.69) is 5.32 Å². The Labute approximate surface area is 227 Å². The fourth-order valence-corrected chi connectivity index (χ4v) is 5.99. The number of anilines is 2. The van der Waals surface area contributed by atoms with Crippen LogP contribution in [0.25, 0.3) is 0 Å². The third kappa shape index (κ3) is 6.02. The van der Waals surface area contributed by atoms with Gasteiger partial charge in [-0.15, -0.1) is 0 Å². The minimum absolute atomic E-state index is 0.0532. The van der Waals surface area contributed by atoms with Crippen LogP contribution < -0.4 is 10.2 Å². The molecule has 0 bridgehead atoms. The highest BCUT2D eigenvalue weighted by Crippen LogP contribution is 2.31. The average molecular weight is 542 g/mol. The number of hydrogen-bond donors (Lipinski definition) is 1. The van der Waals surface area contributed by atoms with Gasteiger partial charge in [-0.1, -0.05) is 35.9 Å². The summed E-state index contributed by atoms with van der Waals surface area (Å²) in [7, 11) is 0. The van der Waals surface area contributed by atoms with Crippen molar-refractivity contribution in [2.24, 2.45) is 5.92 Å². The largest absolute Gasteiger partial charge is 0.376 e. The Kier molecular flexibility index (Phi) is 8.29. The van der Waals surface area contributed by atoms with Gasteiger partial charge in [-0.05, 0) is 61.4 Å². The number of carbonyl (C=O) groups excluding carboxylic acids is 3. The molecule has 202 valence electrons. The van der Waals surface area contributed by atoms with Crippen molar-refractivity contribution in [1.29, 1.82) is 0 Å². The third-order valence-electron chi connectivity index (χ3n) is 7.88. The van der Waals surface area contributed by atoms with E-state index in [1.807, 2.05) is 24.3 Å². The van der Waals surface area contributed by atoms with Gasteiger partial charge >= 0.3 is 6.03 Å². The zero-order valence-electron chi connectivity index (χ0n) is 21.3. The Balaban J connectivity index is 1.16. The van der Waals surface area contributed by atoms with E-state index >= 15 is 0 Å². The zero-order valence-corrected chi connectivity index (χ0v) is 22.0. The number of urea groups is 1. The lowest BCUT2D eigenvalue weighted by Gasteiger charge is -2.29. The number of nitrogens with one attached hydrogen (secondary N) is 1. The van der Waals surface area contributed by atoms with Crippen LogP contribution in [0.4, 0.5) is 20.6 Å². The van der Waals surface area contributed by atoms with Crippen molar-refractivity contribution in [2.75, 3.05) is 29.9 Å². The Morgan fingerprint density at radius 1 is 1.13 bits per heavy atom. The molecule has 0 aromatic heterocycles. The highest BCUT2D eigenvalue weighted by atomic mass is 35.5. The van der Waals surface area contributed by atoms with Crippen molar-refractivity contribution >= 4 is 41.2 Å². The number of benzene rings is 2. The first kappa shape index (κ1) is 26.6. The summed E-state index contributed by atoms with van der Waals surface area (Å²) in [5.74, 6) is -0.0666. The number of hydrogen-bond acceptors (Lipinski definition) is 4. The van der Waals surface area contributed by atoms with Gasteiger partial charge in [-0.25, -0.2) is 9.18 Å². The molecule has 2 fully saturated rings. The van der Waals surface area contributed by atoms with Crippen molar-refractivity contribution in [3.05, 3.63) is 58.6 Å². The van der Waals surface area contributed by atoms with Crippen molar-refractivity contribution < 1.29 is 23.5 Å². The molecule has 2 aromatic carbocycles. The van der Waals surface area contributed by atoms with E-state index < -0.39 is 6.17 Å². The van der Waals surface area contributed by atoms with Crippen molar-refractivity contribution in [1.82, 2.24) is 4.90 Å². The summed E-state index contributed by atoms with van der Waals surface area (Å²) in [6, 6.07) is 12.4. The number of halogens is 2. The molecule has 3 amide bonds. The van der Waals surface area contributed by atoms with Gasteiger partial charge in [-0.3, -0.25) is 9.69 Å². The van der Waals surface area contributed by atoms with E-state index in [0.29, 0.717) is 29.4 Å². The molecule has 2 aromatic rings. The van der Waals surface area contributed by atoms with Gasteiger partial charge in [0.05, 0.1) is 42.4 Å². The number of amides is 3. The minimum atomic E-state index is -1.07. The molecule has 38 heavy (non-hydrogen) atoms. The summed E-state index contributed by atoms with van der Waals surface area (Å²) >= 11 is 6.47. The molecule has 1 saturated carbocycles. The van der Waals surface area contributed by atoms with Gasteiger partial charge in [-0.2, -0.15) is 0 Å². The van der Waals surface area contributed by atoms with E-state index in [0.717, 1.165) is 49.6 Å². The Bertz CT molecular complexity index is 1190. The molecular weight excluding hydrogens is 509 g/mol. The summed E-state index contributed by atoms with van der Waals surface area (Å²) in [5.41, 5.74) is 3.19. The molecule has 5 rings (SSSR count). The third-order valence-corrected chi connectivity index (χ3v) is 8.19. The van der Waals surface area contributed by atoms with Crippen molar-refractivity contribution in [3.63, 3.8) is 0 Å². The standard InChI is InChI=1S/C29H33ClFN3O4/c30-25-13-20(7-10-26(25)32-29(37)33-12-11-21-3-1-2-4-27(21)33)14-28(36)34-16-22(31)15-23(34)18-38-24-8-5-19(17-35)6-9-24/h1-4,7,10,13,17,19,22-24H,5-6,8-9,11-12,14-16,18H2,(H,32,37)/t19?,22-,23-,24?/m0/s1. The monoisotopic (exact) mass is 541 g/mol. The lowest BCUT2D eigenvalue weighted by molar-refractivity contribution is -0.133. The second-order valence-electron chi connectivity index (χ2n) is 10.5. The van der Waals surface area contributed by atoms with Crippen LogP contribution in [-0.4, -0.2) is 61.1 Å². The maximum absolute atomic E-state index is 14.3. The summed E-state index contributed by atoms with van der Waals surface area (Å²) in [4.78, 5) is 40.2. The highest BCUT2D eigenvalue weighted by molar-refractivity contribution is 6.34. The smallest absolute Gasteiger partial charge is 0.326 e. The molecule has 2 atom stereocenters. The molecule has 2 heterocycles. The first-order chi connectivity index (χ1) is 18.4. The molecule has 2 aliphatic heterocycles. The van der Waals surface area contributed by atoms with Crippen LogP contribution in [0.3, 0.4) is 0 Å². The number of aldehydes is 1.